The second-order valence-corrected chi connectivity index (χ2v) is 3.37. The Bertz CT molecular complexity index is 209. The van der Waals surface area contributed by atoms with E-state index in [1.54, 1.807) is 0 Å². The first kappa shape index (κ1) is 6.90. The highest BCUT2D eigenvalue weighted by molar-refractivity contribution is 5.13. The van der Waals surface area contributed by atoms with Crippen molar-refractivity contribution < 1.29 is 0 Å². The van der Waals surface area contributed by atoms with Gasteiger partial charge in [0, 0.05) is 0 Å². The van der Waals surface area contributed by atoms with Crippen molar-refractivity contribution in [2.45, 2.75) is 25.7 Å². The maximum Gasteiger partial charge on any atom is -0.0149 e. The fraction of sp³-hybridized carbons (Fsp3) is 0.455. The molecule has 2 rings (SSSR count). The average molecular weight is 145 g/mol. The average Bonchev–Trinajstić information content (AvgIpc) is 2.86. The van der Waals surface area contributed by atoms with Crippen molar-refractivity contribution >= 4 is 0 Å². The Balaban J connectivity index is 1.85. The minimum atomic E-state index is 1.05. The van der Waals surface area contributed by atoms with Crippen LogP contribution in [0.5, 0.6) is 0 Å². The number of rotatable bonds is 3. The molecule has 0 saturated heterocycles. The summed E-state index contributed by atoms with van der Waals surface area (Å²) in [6.45, 7) is 0. The highest BCUT2D eigenvalue weighted by atomic mass is 14.3. The lowest BCUT2D eigenvalue weighted by Gasteiger charge is -1.97. The molecule has 57 valence electrons. The normalized spacial score (nSPS) is 16.7. The molecule has 0 aliphatic heterocycles. The van der Waals surface area contributed by atoms with Gasteiger partial charge in [-0.25, -0.2) is 0 Å². The van der Waals surface area contributed by atoms with Gasteiger partial charge in [-0.15, -0.1) is 0 Å². The van der Waals surface area contributed by atoms with E-state index >= 15 is 0 Å². The zero-order chi connectivity index (χ0) is 7.52. The second kappa shape index (κ2) is 3.08. The van der Waals surface area contributed by atoms with Crippen molar-refractivity contribution in [2.75, 3.05) is 0 Å². The summed E-state index contributed by atoms with van der Waals surface area (Å²) in [7, 11) is 0. The molecule has 1 aromatic carbocycles. The van der Waals surface area contributed by atoms with E-state index in [-0.39, 0.29) is 0 Å². The fourth-order valence-electron chi connectivity index (χ4n) is 1.35. The van der Waals surface area contributed by atoms with Crippen molar-refractivity contribution in [3.05, 3.63) is 35.9 Å². The molecule has 0 atom stereocenters. The Morgan fingerprint density at radius 1 is 1.36 bits per heavy atom. The highest BCUT2D eigenvalue weighted by Crippen LogP contribution is 2.33. The largest absolute Gasteiger partial charge is 0.0620 e. The van der Waals surface area contributed by atoms with Crippen LogP contribution in [0.3, 0.4) is 0 Å². The van der Waals surface area contributed by atoms with Crippen LogP contribution >= 0.6 is 0 Å². The van der Waals surface area contributed by atoms with Gasteiger partial charge in [-0.05, 0) is 30.4 Å². The molecular weight excluding hydrogens is 132 g/mol. The molecule has 0 aromatic heterocycles. The van der Waals surface area contributed by atoms with Crippen molar-refractivity contribution in [3.8, 4) is 0 Å². The van der Waals surface area contributed by atoms with Gasteiger partial charge in [0.15, 0.2) is 0 Å². The topological polar surface area (TPSA) is 0 Å². The molecule has 0 spiro atoms. The molecule has 0 unspecified atom stereocenters. The molecule has 1 saturated carbocycles. The quantitative estimate of drug-likeness (QED) is 0.613. The third-order valence-electron chi connectivity index (χ3n) is 2.29. The SMILES string of the molecule is [c]1ccccc1CCC1CC1. The van der Waals surface area contributed by atoms with Crippen molar-refractivity contribution in [3.63, 3.8) is 0 Å². The van der Waals surface area contributed by atoms with Gasteiger partial charge in [-0.1, -0.05) is 37.1 Å². The Hall–Kier alpha value is -0.780. The van der Waals surface area contributed by atoms with E-state index in [0.717, 1.165) is 5.92 Å². The van der Waals surface area contributed by atoms with Crippen LogP contribution in [0.4, 0.5) is 0 Å². The summed E-state index contributed by atoms with van der Waals surface area (Å²) in [6.07, 6.45) is 5.53. The van der Waals surface area contributed by atoms with Gasteiger partial charge in [-0.3, -0.25) is 0 Å². The highest BCUT2D eigenvalue weighted by Gasteiger charge is 2.20. The van der Waals surface area contributed by atoms with Gasteiger partial charge in [0.25, 0.3) is 0 Å². The minimum Gasteiger partial charge on any atom is -0.0620 e. The molecule has 1 aliphatic carbocycles. The molecular formula is C11H13. The minimum absolute atomic E-state index is 1.05. The van der Waals surface area contributed by atoms with Crippen LogP contribution in [0.15, 0.2) is 24.3 Å². The maximum absolute atomic E-state index is 3.25. The molecule has 1 aliphatic rings. The molecule has 0 N–H and O–H groups in total. The number of aryl methyl sites for hydroxylation is 1. The van der Waals surface area contributed by atoms with Gasteiger partial charge in [-0.2, -0.15) is 0 Å². The Kier molecular flexibility index (Phi) is 1.93. The van der Waals surface area contributed by atoms with Crippen LogP contribution < -0.4 is 0 Å². The molecule has 0 heterocycles. The molecule has 1 fully saturated rings. The Morgan fingerprint density at radius 3 is 2.91 bits per heavy atom. The third-order valence-corrected chi connectivity index (χ3v) is 2.29. The summed E-state index contributed by atoms with van der Waals surface area (Å²) in [6, 6.07) is 11.5. The lowest BCUT2D eigenvalue weighted by molar-refractivity contribution is 0.726. The van der Waals surface area contributed by atoms with E-state index in [2.05, 4.69) is 18.2 Å². The monoisotopic (exact) mass is 145 g/mol. The summed E-state index contributed by atoms with van der Waals surface area (Å²) < 4.78 is 0. The lowest BCUT2D eigenvalue weighted by Crippen LogP contribution is -1.85. The zero-order valence-electron chi connectivity index (χ0n) is 6.72. The van der Waals surface area contributed by atoms with Crippen LogP contribution in [0.25, 0.3) is 0 Å². The Labute approximate surface area is 68.3 Å². The van der Waals surface area contributed by atoms with Crippen LogP contribution in [0.1, 0.15) is 24.8 Å². The van der Waals surface area contributed by atoms with E-state index in [1.807, 2.05) is 12.1 Å². The number of hydrogen-bond donors (Lipinski definition) is 0. The summed E-state index contributed by atoms with van der Waals surface area (Å²) in [5, 5.41) is 0. The first-order valence-corrected chi connectivity index (χ1v) is 4.41. The van der Waals surface area contributed by atoms with Crippen LogP contribution in [0, 0.1) is 12.0 Å². The van der Waals surface area contributed by atoms with Crippen molar-refractivity contribution in [2.24, 2.45) is 5.92 Å². The molecule has 0 nitrogen and oxygen atoms in total. The molecule has 0 bridgehead atoms. The predicted molar refractivity (Wildman–Crippen MR) is 46.3 cm³/mol. The zero-order valence-corrected chi connectivity index (χ0v) is 6.72. The smallest absolute Gasteiger partial charge is 0.0149 e. The van der Waals surface area contributed by atoms with Gasteiger partial charge in [0.05, 0.1) is 0 Å². The van der Waals surface area contributed by atoms with Gasteiger partial charge < -0.3 is 0 Å². The first-order valence-electron chi connectivity index (χ1n) is 4.41. The molecule has 1 radical (unpaired) electrons. The van der Waals surface area contributed by atoms with Crippen LogP contribution in [-0.2, 0) is 6.42 Å². The lowest BCUT2D eigenvalue weighted by atomic mass is 10.1. The van der Waals surface area contributed by atoms with Crippen LogP contribution in [-0.4, -0.2) is 0 Å². The second-order valence-electron chi connectivity index (χ2n) is 3.37. The van der Waals surface area contributed by atoms with Gasteiger partial charge in [0.2, 0.25) is 0 Å². The van der Waals surface area contributed by atoms with E-state index in [9.17, 15) is 0 Å². The van der Waals surface area contributed by atoms with Gasteiger partial charge >= 0.3 is 0 Å². The third kappa shape index (κ3) is 2.07. The van der Waals surface area contributed by atoms with E-state index in [4.69, 9.17) is 0 Å². The summed E-state index contributed by atoms with van der Waals surface area (Å²) in [5.41, 5.74) is 1.37. The summed E-state index contributed by atoms with van der Waals surface area (Å²) in [4.78, 5) is 0. The summed E-state index contributed by atoms with van der Waals surface area (Å²) in [5.74, 6) is 1.05. The van der Waals surface area contributed by atoms with Crippen molar-refractivity contribution in [1.82, 2.24) is 0 Å². The van der Waals surface area contributed by atoms with Gasteiger partial charge in [0.1, 0.15) is 0 Å². The van der Waals surface area contributed by atoms with Crippen LogP contribution in [0.2, 0.25) is 0 Å². The number of hydrogen-bond acceptors (Lipinski definition) is 0. The van der Waals surface area contributed by atoms with E-state index in [0.29, 0.717) is 0 Å². The molecule has 0 heteroatoms. The Morgan fingerprint density at radius 2 is 2.27 bits per heavy atom. The predicted octanol–water partition coefficient (Wildman–Crippen LogP) is 2.83. The summed E-state index contributed by atoms with van der Waals surface area (Å²) >= 11 is 0. The molecule has 0 amide bonds. The van der Waals surface area contributed by atoms with E-state index < -0.39 is 0 Å². The molecule has 11 heavy (non-hydrogen) atoms. The fourth-order valence-corrected chi connectivity index (χ4v) is 1.35. The maximum atomic E-state index is 3.25. The number of benzene rings is 1. The standard InChI is InChI=1S/C11H13/c1-2-4-10(5-3-1)6-7-11-8-9-11/h1-4,11H,6-9H2. The van der Waals surface area contributed by atoms with Crippen molar-refractivity contribution in [1.29, 1.82) is 0 Å². The first-order chi connectivity index (χ1) is 5.45. The molecule has 1 aromatic rings. The van der Waals surface area contributed by atoms with E-state index in [1.165, 1.54) is 31.2 Å².